The number of amides is 2. The van der Waals surface area contributed by atoms with E-state index in [4.69, 9.17) is 22.1 Å². The first-order valence-corrected chi connectivity index (χ1v) is 11.4. The molecule has 2 aromatic rings. The lowest BCUT2D eigenvalue weighted by molar-refractivity contribution is -0.121. The topological polar surface area (TPSA) is 105 Å². The molecule has 7 nitrogen and oxygen atoms in total. The van der Waals surface area contributed by atoms with Crippen LogP contribution < -0.4 is 15.5 Å². The van der Waals surface area contributed by atoms with Gasteiger partial charge in [0.05, 0.1) is 19.2 Å². The van der Waals surface area contributed by atoms with Gasteiger partial charge in [-0.05, 0) is 35.6 Å². The van der Waals surface area contributed by atoms with Crippen LogP contribution >= 0.6 is 11.6 Å². The van der Waals surface area contributed by atoms with Crippen molar-refractivity contribution in [2.75, 3.05) is 20.2 Å². The van der Waals surface area contributed by atoms with Gasteiger partial charge in [-0.2, -0.15) is 5.26 Å². The minimum absolute atomic E-state index is 0.127. The lowest BCUT2D eigenvalue weighted by Gasteiger charge is -2.37. The van der Waals surface area contributed by atoms with Gasteiger partial charge in [-0.15, -0.1) is 0 Å². The number of hydrogen-bond acceptors (Lipinski definition) is 4. The number of alkyl carbamates (subject to hydrolysis) is 1. The Hall–Kier alpha value is -3.08. The van der Waals surface area contributed by atoms with E-state index in [0.717, 1.165) is 35.2 Å². The molecular weight excluding hydrogens is 440 g/mol. The number of carbonyl (C=O) groups is 2. The Labute approximate surface area is 198 Å². The van der Waals surface area contributed by atoms with Gasteiger partial charge in [0.15, 0.2) is 18.3 Å². The predicted molar refractivity (Wildman–Crippen MR) is 127 cm³/mol. The van der Waals surface area contributed by atoms with E-state index in [0.29, 0.717) is 18.0 Å². The van der Waals surface area contributed by atoms with Crippen molar-refractivity contribution in [3.05, 3.63) is 53.1 Å². The Kier molecular flexibility index (Phi) is 6.08. The summed E-state index contributed by atoms with van der Waals surface area (Å²) in [6, 6.07) is 15.5. The largest absolute Gasteiger partial charge is 0.453 e. The van der Waals surface area contributed by atoms with Crippen LogP contribution in [0, 0.1) is 17.2 Å². The third-order valence-corrected chi connectivity index (χ3v) is 7.33. The summed E-state index contributed by atoms with van der Waals surface area (Å²) in [5.41, 5.74) is 9.09. The van der Waals surface area contributed by atoms with Crippen molar-refractivity contribution in [1.82, 2.24) is 9.80 Å². The molecule has 2 aliphatic rings. The Balaban J connectivity index is 1.70. The summed E-state index contributed by atoms with van der Waals surface area (Å²) >= 11 is 6.63. The van der Waals surface area contributed by atoms with Crippen LogP contribution in [0.15, 0.2) is 42.5 Å². The summed E-state index contributed by atoms with van der Waals surface area (Å²) < 4.78 is 4.91. The first kappa shape index (κ1) is 23.1. The average Bonchev–Trinajstić information content (AvgIpc) is 3.49. The fraction of sp³-hybridized carbons (Fsp3) is 0.400. The maximum absolute atomic E-state index is 12.3. The number of carbonyl (C=O) groups excluding carboxylic acids is 2. The van der Waals surface area contributed by atoms with Crippen LogP contribution in [-0.4, -0.2) is 38.2 Å². The second kappa shape index (κ2) is 8.69. The summed E-state index contributed by atoms with van der Waals surface area (Å²) in [6.45, 7) is 2.83. The van der Waals surface area contributed by atoms with Gasteiger partial charge in [-0.3, -0.25) is 9.28 Å². The van der Waals surface area contributed by atoms with Crippen molar-refractivity contribution in [3.8, 4) is 17.2 Å². The Morgan fingerprint density at radius 2 is 1.91 bits per heavy atom. The van der Waals surface area contributed by atoms with E-state index in [1.807, 2.05) is 42.5 Å². The van der Waals surface area contributed by atoms with Crippen molar-refractivity contribution in [2.45, 2.75) is 37.8 Å². The van der Waals surface area contributed by atoms with Crippen molar-refractivity contribution < 1.29 is 14.3 Å². The number of methoxy groups -OCH3 is 1. The Morgan fingerprint density at radius 3 is 2.48 bits per heavy atom. The molecule has 0 aromatic heterocycles. The molecule has 0 bridgehead atoms. The highest BCUT2D eigenvalue weighted by atomic mass is 35.5. The summed E-state index contributed by atoms with van der Waals surface area (Å²) in [4.78, 5) is 24.0. The molecule has 0 unspecified atom stereocenters. The van der Waals surface area contributed by atoms with Crippen LogP contribution in [0.4, 0.5) is 10.5 Å². The molecule has 2 fully saturated rings. The summed E-state index contributed by atoms with van der Waals surface area (Å²) in [7, 11) is 1.36. The standard InChI is InChI=1S/C25H27ClN4O3/c1-16-13-22(23(28)31)30(15-16,12-11-27)21-14-18(5-8-20(21)26)17-3-6-19(7-4-17)25(9-10-25)29-24(32)33-2/h3-8,14,16,22H,9-10,12-13,15H2,1-2H3,(H2-,28,29,31,32)/p+1/t16-,22-,30+/m0/s1. The molecule has 3 N–H and O–H groups in total. The lowest BCUT2D eigenvalue weighted by atomic mass is 9.98. The molecular formula is C25H28ClN4O3+. The number of nitrogens with zero attached hydrogens (tertiary/aromatic N) is 2. The van der Waals surface area contributed by atoms with E-state index in [2.05, 4.69) is 18.3 Å². The van der Waals surface area contributed by atoms with Gasteiger partial charge in [0.25, 0.3) is 5.91 Å². The number of benzene rings is 2. The number of nitriles is 1. The molecule has 1 aliphatic heterocycles. The predicted octanol–water partition coefficient (Wildman–Crippen LogP) is 4.08. The number of likely N-dealkylation sites (tertiary alicyclic amines) is 1. The number of hydrogen-bond donors (Lipinski definition) is 2. The molecule has 0 spiro atoms. The average molecular weight is 468 g/mol. The zero-order valence-electron chi connectivity index (χ0n) is 18.8. The zero-order valence-corrected chi connectivity index (χ0v) is 19.6. The highest BCUT2D eigenvalue weighted by Gasteiger charge is 2.51. The van der Waals surface area contributed by atoms with Gasteiger partial charge in [-0.1, -0.05) is 48.9 Å². The van der Waals surface area contributed by atoms with Crippen LogP contribution in [0.1, 0.15) is 31.7 Å². The second-order valence-corrected chi connectivity index (χ2v) is 9.64. The molecule has 2 amide bonds. The highest BCUT2D eigenvalue weighted by molar-refractivity contribution is 6.33. The molecule has 0 radical (unpaired) electrons. The first-order chi connectivity index (χ1) is 15.7. The van der Waals surface area contributed by atoms with Gasteiger partial charge < -0.3 is 15.8 Å². The molecule has 2 aromatic carbocycles. The van der Waals surface area contributed by atoms with E-state index in [9.17, 15) is 14.9 Å². The maximum atomic E-state index is 12.3. The van der Waals surface area contributed by atoms with E-state index in [-0.39, 0.29) is 22.5 Å². The van der Waals surface area contributed by atoms with E-state index in [1.165, 1.54) is 7.11 Å². The third-order valence-electron chi connectivity index (χ3n) is 7.01. The molecule has 172 valence electrons. The molecule has 1 saturated heterocycles. The van der Waals surface area contributed by atoms with Gasteiger partial charge in [0.1, 0.15) is 11.1 Å². The fourth-order valence-electron chi connectivity index (χ4n) is 5.23. The fourth-order valence-corrected chi connectivity index (χ4v) is 5.51. The van der Waals surface area contributed by atoms with Gasteiger partial charge in [-0.25, -0.2) is 4.79 Å². The van der Waals surface area contributed by atoms with Crippen LogP contribution in [0.3, 0.4) is 0 Å². The van der Waals surface area contributed by atoms with Crippen LogP contribution in [0.25, 0.3) is 11.1 Å². The normalized spacial score (nSPS) is 25.2. The number of nitrogens with two attached hydrogens (primary N) is 1. The summed E-state index contributed by atoms with van der Waals surface area (Å²) in [6.07, 6.45) is 1.93. The zero-order chi connectivity index (χ0) is 23.8. The molecule has 3 atom stereocenters. The van der Waals surface area contributed by atoms with Crippen LogP contribution in [0.5, 0.6) is 0 Å². The number of nitrogens with one attached hydrogen (secondary N) is 1. The first-order valence-electron chi connectivity index (χ1n) is 11.0. The van der Waals surface area contributed by atoms with Crippen molar-refractivity contribution in [2.24, 2.45) is 11.7 Å². The van der Waals surface area contributed by atoms with Crippen LogP contribution in [-0.2, 0) is 15.1 Å². The third kappa shape index (κ3) is 4.17. The minimum Gasteiger partial charge on any atom is -0.453 e. The number of rotatable bonds is 6. The summed E-state index contributed by atoms with van der Waals surface area (Å²) in [5.74, 6) is -0.167. The molecule has 33 heavy (non-hydrogen) atoms. The smallest absolute Gasteiger partial charge is 0.407 e. The molecule has 1 saturated carbocycles. The minimum atomic E-state index is -0.492. The Morgan fingerprint density at radius 1 is 1.24 bits per heavy atom. The Bertz CT molecular complexity index is 1120. The quantitative estimate of drug-likeness (QED) is 0.493. The van der Waals surface area contributed by atoms with Crippen molar-refractivity contribution in [1.29, 1.82) is 5.26 Å². The van der Waals surface area contributed by atoms with Gasteiger partial charge in [0.2, 0.25) is 0 Å². The lowest BCUT2D eigenvalue weighted by Crippen LogP contribution is -2.58. The SMILES string of the molecule is COC(=O)NC1(c2ccc(-c3ccc(Cl)c([N@@+]4(CC#N)C[C@@H](C)C[C@H]4C(N)=O)c3)cc2)CC1. The van der Waals surface area contributed by atoms with Gasteiger partial charge in [0, 0.05) is 18.4 Å². The molecule has 4 rings (SSSR count). The molecule has 1 aliphatic carbocycles. The van der Waals surface area contributed by atoms with E-state index in [1.54, 1.807) is 0 Å². The number of primary amides is 1. The van der Waals surface area contributed by atoms with E-state index >= 15 is 0 Å². The van der Waals surface area contributed by atoms with Gasteiger partial charge >= 0.3 is 6.09 Å². The summed E-state index contributed by atoms with van der Waals surface area (Å²) in [5, 5.41) is 13.1. The number of ether oxygens (including phenoxy) is 1. The maximum Gasteiger partial charge on any atom is 0.407 e. The number of halogens is 1. The van der Waals surface area contributed by atoms with Crippen molar-refractivity contribution >= 4 is 29.3 Å². The van der Waals surface area contributed by atoms with E-state index < -0.39 is 18.0 Å². The van der Waals surface area contributed by atoms with Crippen LogP contribution in [0.2, 0.25) is 5.02 Å². The van der Waals surface area contributed by atoms with Crippen molar-refractivity contribution in [3.63, 3.8) is 0 Å². The monoisotopic (exact) mass is 467 g/mol. The second-order valence-electron chi connectivity index (χ2n) is 9.23. The number of quaternary nitrogens is 1. The molecule has 8 heteroatoms. The molecule has 1 heterocycles. The highest BCUT2D eigenvalue weighted by Crippen LogP contribution is 2.46.